The number of carbonyl (C=O) groups excluding carboxylic acids is 3. The number of hydrogen-bond donors (Lipinski definition) is 1. The molecule has 4 rings (SSSR count). The van der Waals surface area contributed by atoms with Gasteiger partial charge in [0.1, 0.15) is 12.7 Å². The minimum atomic E-state index is -0.647. The predicted octanol–water partition coefficient (Wildman–Crippen LogP) is 1.93. The highest BCUT2D eigenvalue weighted by Crippen LogP contribution is 2.30. The van der Waals surface area contributed by atoms with Gasteiger partial charge in [0.05, 0.1) is 17.8 Å². The second-order valence-electron chi connectivity index (χ2n) is 7.04. The molecular formula is C22H22N2O6. The van der Waals surface area contributed by atoms with Crippen molar-refractivity contribution >= 4 is 23.5 Å². The lowest BCUT2D eigenvalue weighted by Gasteiger charge is -2.26. The maximum Gasteiger partial charge on any atom is 0.340 e. The van der Waals surface area contributed by atoms with Gasteiger partial charge >= 0.3 is 5.97 Å². The Bertz CT molecular complexity index is 960. The summed E-state index contributed by atoms with van der Waals surface area (Å²) in [6.07, 6.45) is 0.882. The van der Waals surface area contributed by atoms with Gasteiger partial charge < -0.3 is 24.4 Å². The van der Waals surface area contributed by atoms with E-state index in [9.17, 15) is 14.4 Å². The number of para-hydroxylation sites is 3. The molecule has 1 atom stereocenters. The number of nitrogens with one attached hydrogen (secondary N) is 1. The summed E-state index contributed by atoms with van der Waals surface area (Å²) in [5.74, 6) is 0.183. The summed E-state index contributed by atoms with van der Waals surface area (Å²) in [5, 5.41) is 2.68. The van der Waals surface area contributed by atoms with Crippen LogP contribution in [0.15, 0.2) is 48.5 Å². The molecule has 2 aromatic carbocycles. The van der Waals surface area contributed by atoms with Crippen LogP contribution in [0, 0.1) is 0 Å². The van der Waals surface area contributed by atoms with E-state index in [4.69, 9.17) is 14.2 Å². The summed E-state index contributed by atoms with van der Waals surface area (Å²) in [7, 11) is 0. The van der Waals surface area contributed by atoms with Crippen molar-refractivity contribution in [3.63, 3.8) is 0 Å². The Balaban J connectivity index is 1.28. The Morgan fingerprint density at radius 1 is 1.10 bits per heavy atom. The van der Waals surface area contributed by atoms with Gasteiger partial charge in [-0.15, -0.1) is 0 Å². The number of esters is 1. The molecule has 1 fully saturated rings. The zero-order valence-corrected chi connectivity index (χ0v) is 16.3. The molecule has 2 aliphatic rings. The predicted molar refractivity (Wildman–Crippen MR) is 108 cm³/mol. The molecule has 8 nitrogen and oxygen atoms in total. The van der Waals surface area contributed by atoms with Crippen molar-refractivity contribution in [3.8, 4) is 11.5 Å². The number of hydrogen-bond acceptors (Lipinski definition) is 6. The van der Waals surface area contributed by atoms with Crippen molar-refractivity contribution in [2.24, 2.45) is 0 Å². The van der Waals surface area contributed by atoms with Gasteiger partial charge in [0.2, 0.25) is 5.91 Å². The van der Waals surface area contributed by atoms with Crippen LogP contribution >= 0.6 is 0 Å². The lowest BCUT2D eigenvalue weighted by atomic mass is 10.1. The largest absolute Gasteiger partial charge is 0.486 e. The molecule has 2 amide bonds. The Morgan fingerprint density at radius 3 is 2.67 bits per heavy atom. The molecule has 0 bridgehead atoms. The standard InChI is InChI=1S/C22H22N2O6/c25-20(23-12-15-13-28-18-8-3-4-9-19(18)30-15)14-29-22(27)16-6-1-2-7-17(16)24-11-5-10-21(24)26/h1-4,6-9,15H,5,10-14H2,(H,23,25)/t15-/m0/s1. The van der Waals surface area contributed by atoms with E-state index in [0.29, 0.717) is 36.8 Å². The Labute approximate surface area is 173 Å². The summed E-state index contributed by atoms with van der Waals surface area (Å²) < 4.78 is 16.5. The molecule has 0 saturated carbocycles. The van der Waals surface area contributed by atoms with Gasteiger partial charge in [0.25, 0.3) is 5.91 Å². The first-order valence-electron chi connectivity index (χ1n) is 9.83. The fourth-order valence-corrected chi connectivity index (χ4v) is 3.44. The van der Waals surface area contributed by atoms with Gasteiger partial charge in [0.15, 0.2) is 18.1 Å². The number of fused-ring (bicyclic) bond motifs is 1. The fourth-order valence-electron chi connectivity index (χ4n) is 3.44. The third-order valence-electron chi connectivity index (χ3n) is 4.92. The summed E-state index contributed by atoms with van der Waals surface area (Å²) in [6.45, 7) is 0.680. The highest BCUT2D eigenvalue weighted by molar-refractivity contribution is 6.03. The molecule has 8 heteroatoms. The summed E-state index contributed by atoms with van der Waals surface area (Å²) in [6, 6.07) is 14.1. The summed E-state index contributed by atoms with van der Waals surface area (Å²) >= 11 is 0. The first-order valence-corrected chi connectivity index (χ1v) is 9.83. The van der Waals surface area contributed by atoms with Crippen LogP contribution in [0.5, 0.6) is 11.5 Å². The zero-order valence-electron chi connectivity index (χ0n) is 16.3. The molecular weight excluding hydrogens is 388 g/mol. The molecule has 0 unspecified atom stereocenters. The number of amides is 2. The molecule has 156 valence electrons. The molecule has 0 radical (unpaired) electrons. The number of benzene rings is 2. The lowest BCUT2D eigenvalue weighted by molar-refractivity contribution is -0.124. The lowest BCUT2D eigenvalue weighted by Crippen LogP contribution is -2.42. The van der Waals surface area contributed by atoms with Gasteiger partial charge in [-0.3, -0.25) is 9.59 Å². The summed E-state index contributed by atoms with van der Waals surface area (Å²) in [5.41, 5.74) is 0.776. The fraction of sp³-hybridized carbons (Fsp3) is 0.318. The Morgan fingerprint density at radius 2 is 1.87 bits per heavy atom. The normalized spacial score (nSPS) is 17.5. The van der Waals surface area contributed by atoms with Gasteiger partial charge in [-0.25, -0.2) is 4.79 Å². The number of rotatable bonds is 6. The maximum atomic E-state index is 12.5. The number of carbonyl (C=O) groups is 3. The molecule has 2 heterocycles. The van der Waals surface area contributed by atoms with E-state index in [1.54, 1.807) is 35.2 Å². The van der Waals surface area contributed by atoms with E-state index in [2.05, 4.69) is 5.32 Å². The number of ether oxygens (including phenoxy) is 3. The van der Waals surface area contributed by atoms with Crippen LogP contribution in [0.4, 0.5) is 5.69 Å². The Hall–Kier alpha value is -3.55. The van der Waals surface area contributed by atoms with Crippen molar-refractivity contribution in [1.29, 1.82) is 0 Å². The van der Waals surface area contributed by atoms with E-state index in [-0.39, 0.29) is 24.1 Å². The minimum Gasteiger partial charge on any atom is -0.486 e. The van der Waals surface area contributed by atoms with Crippen molar-refractivity contribution in [2.45, 2.75) is 18.9 Å². The topological polar surface area (TPSA) is 94.2 Å². The van der Waals surface area contributed by atoms with Crippen LogP contribution in [-0.2, 0) is 14.3 Å². The zero-order chi connectivity index (χ0) is 20.9. The van der Waals surface area contributed by atoms with Crippen molar-refractivity contribution in [1.82, 2.24) is 5.32 Å². The quantitative estimate of drug-likeness (QED) is 0.732. The third-order valence-corrected chi connectivity index (χ3v) is 4.92. The average molecular weight is 410 g/mol. The van der Waals surface area contributed by atoms with Crippen LogP contribution in [0.2, 0.25) is 0 Å². The van der Waals surface area contributed by atoms with E-state index in [1.807, 2.05) is 18.2 Å². The van der Waals surface area contributed by atoms with Gasteiger partial charge in [-0.05, 0) is 30.7 Å². The molecule has 2 aliphatic heterocycles. The average Bonchev–Trinajstić information content (AvgIpc) is 3.21. The van der Waals surface area contributed by atoms with E-state index >= 15 is 0 Å². The summed E-state index contributed by atoms with van der Waals surface area (Å²) in [4.78, 5) is 38.2. The van der Waals surface area contributed by atoms with Crippen LogP contribution in [0.1, 0.15) is 23.2 Å². The Kier molecular flexibility index (Phi) is 5.83. The molecule has 0 spiro atoms. The SMILES string of the molecule is O=C(COC(=O)c1ccccc1N1CCCC1=O)NC[C@H]1COc2ccccc2O1. The molecule has 30 heavy (non-hydrogen) atoms. The van der Waals surface area contributed by atoms with Crippen molar-refractivity contribution in [3.05, 3.63) is 54.1 Å². The van der Waals surface area contributed by atoms with Gasteiger partial charge in [-0.1, -0.05) is 24.3 Å². The molecule has 0 aliphatic carbocycles. The smallest absolute Gasteiger partial charge is 0.340 e. The highest BCUT2D eigenvalue weighted by Gasteiger charge is 2.26. The van der Waals surface area contributed by atoms with Crippen LogP contribution < -0.4 is 19.7 Å². The van der Waals surface area contributed by atoms with E-state index in [1.165, 1.54) is 0 Å². The van der Waals surface area contributed by atoms with Crippen molar-refractivity contribution in [2.75, 3.05) is 31.2 Å². The van der Waals surface area contributed by atoms with Crippen LogP contribution in [-0.4, -0.2) is 50.2 Å². The minimum absolute atomic E-state index is 0.0238. The third kappa shape index (κ3) is 4.37. The van der Waals surface area contributed by atoms with E-state index < -0.39 is 18.5 Å². The van der Waals surface area contributed by atoms with Crippen LogP contribution in [0.3, 0.4) is 0 Å². The van der Waals surface area contributed by atoms with Gasteiger partial charge in [0, 0.05) is 13.0 Å². The first kappa shape index (κ1) is 19.8. The molecule has 0 aromatic heterocycles. The second kappa shape index (κ2) is 8.86. The van der Waals surface area contributed by atoms with Crippen molar-refractivity contribution < 1.29 is 28.6 Å². The number of nitrogens with zero attached hydrogens (tertiary/aromatic N) is 1. The highest BCUT2D eigenvalue weighted by atomic mass is 16.6. The first-order chi connectivity index (χ1) is 14.6. The molecule has 1 N–H and O–H groups in total. The number of anilines is 1. The molecule has 2 aromatic rings. The molecule has 1 saturated heterocycles. The van der Waals surface area contributed by atoms with Gasteiger partial charge in [-0.2, -0.15) is 0 Å². The van der Waals surface area contributed by atoms with E-state index in [0.717, 1.165) is 6.42 Å². The van der Waals surface area contributed by atoms with Crippen LogP contribution in [0.25, 0.3) is 0 Å². The second-order valence-corrected chi connectivity index (χ2v) is 7.04. The maximum absolute atomic E-state index is 12.5. The monoisotopic (exact) mass is 410 g/mol.